The van der Waals surface area contributed by atoms with Crippen LogP contribution < -0.4 is 0 Å². The molecule has 0 saturated carbocycles. The Balaban J connectivity index is 1.79. The first-order chi connectivity index (χ1) is 9.08. The van der Waals surface area contributed by atoms with E-state index in [1.807, 2.05) is 12.3 Å². The molecule has 1 aliphatic rings. The molecule has 1 atom stereocenters. The first-order valence-electron chi connectivity index (χ1n) is 6.51. The lowest BCUT2D eigenvalue weighted by Crippen LogP contribution is -2.40. The van der Waals surface area contributed by atoms with E-state index >= 15 is 0 Å². The van der Waals surface area contributed by atoms with Crippen LogP contribution in [0, 0.1) is 6.92 Å². The SMILES string of the molecule is Cc1nc(CCCC(=O)N2CCC[C@@H]2C(=O)O)cs1. The second-order valence-electron chi connectivity index (χ2n) is 4.79. The van der Waals surface area contributed by atoms with Gasteiger partial charge in [-0.15, -0.1) is 11.3 Å². The van der Waals surface area contributed by atoms with Gasteiger partial charge in [0.25, 0.3) is 0 Å². The molecule has 19 heavy (non-hydrogen) atoms. The molecule has 5 nitrogen and oxygen atoms in total. The van der Waals surface area contributed by atoms with Gasteiger partial charge in [0.1, 0.15) is 6.04 Å². The van der Waals surface area contributed by atoms with Gasteiger partial charge in [0.15, 0.2) is 0 Å². The summed E-state index contributed by atoms with van der Waals surface area (Å²) in [4.78, 5) is 28.9. The number of carboxylic acids is 1. The zero-order valence-electron chi connectivity index (χ0n) is 11.0. The summed E-state index contributed by atoms with van der Waals surface area (Å²) in [5, 5.41) is 12.1. The summed E-state index contributed by atoms with van der Waals surface area (Å²) in [7, 11) is 0. The Kier molecular flexibility index (Phi) is 4.52. The van der Waals surface area contributed by atoms with Gasteiger partial charge in [0, 0.05) is 18.3 Å². The molecule has 1 N–H and O–H groups in total. The number of thiazole rings is 1. The van der Waals surface area contributed by atoms with Crippen molar-refractivity contribution in [1.82, 2.24) is 9.88 Å². The summed E-state index contributed by atoms with van der Waals surface area (Å²) < 4.78 is 0. The first-order valence-corrected chi connectivity index (χ1v) is 7.39. The fraction of sp³-hybridized carbons (Fsp3) is 0.615. The summed E-state index contributed by atoms with van der Waals surface area (Å²) >= 11 is 1.61. The minimum atomic E-state index is -0.888. The molecule has 2 rings (SSSR count). The lowest BCUT2D eigenvalue weighted by molar-refractivity contribution is -0.148. The van der Waals surface area contributed by atoms with Crippen molar-refractivity contribution >= 4 is 23.2 Å². The highest BCUT2D eigenvalue weighted by atomic mass is 32.1. The third kappa shape index (κ3) is 3.53. The van der Waals surface area contributed by atoms with Crippen LogP contribution in [0.2, 0.25) is 0 Å². The number of nitrogens with zero attached hydrogens (tertiary/aromatic N) is 2. The molecule has 6 heteroatoms. The van der Waals surface area contributed by atoms with E-state index in [1.54, 1.807) is 11.3 Å². The first kappa shape index (κ1) is 14.0. The summed E-state index contributed by atoms with van der Waals surface area (Å²) in [6.07, 6.45) is 3.27. The van der Waals surface area contributed by atoms with E-state index in [2.05, 4.69) is 4.98 Å². The van der Waals surface area contributed by atoms with Crippen LogP contribution in [0.4, 0.5) is 0 Å². The molecule has 1 aromatic rings. The molecular formula is C13H18N2O3S. The van der Waals surface area contributed by atoms with Crippen LogP contribution >= 0.6 is 11.3 Å². The molecule has 0 radical (unpaired) electrons. The van der Waals surface area contributed by atoms with E-state index in [0.29, 0.717) is 19.4 Å². The third-order valence-corrected chi connectivity index (χ3v) is 4.17. The van der Waals surface area contributed by atoms with Crippen molar-refractivity contribution in [1.29, 1.82) is 0 Å². The molecule has 0 aromatic carbocycles. The van der Waals surface area contributed by atoms with E-state index in [0.717, 1.165) is 30.0 Å². The Hall–Kier alpha value is -1.43. The molecule has 0 spiro atoms. The minimum absolute atomic E-state index is 0.0446. The molecule has 0 aliphatic carbocycles. The van der Waals surface area contributed by atoms with Crippen LogP contribution in [0.15, 0.2) is 5.38 Å². The number of aryl methyl sites for hydroxylation is 2. The van der Waals surface area contributed by atoms with Crippen LogP contribution in [0.1, 0.15) is 36.4 Å². The number of likely N-dealkylation sites (tertiary alicyclic amines) is 1. The van der Waals surface area contributed by atoms with Gasteiger partial charge in [-0.2, -0.15) is 0 Å². The number of aliphatic carboxylic acids is 1. The van der Waals surface area contributed by atoms with Crippen LogP contribution in [0.25, 0.3) is 0 Å². The predicted molar refractivity (Wildman–Crippen MR) is 72.2 cm³/mol. The fourth-order valence-corrected chi connectivity index (χ4v) is 3.06. The van der Waals surface area contributed by atoms with Crippen molar-refractivity contribution < 1.29 is 14.7 Å². The number of carbonyl (C=O) groups excluding carboxylic acids is 1. The van der Waals surface area contributed by atoms with Crippen LogP contribution in [-0.2, 0) is 16.0 Å². The maximum Gasteiger partial charge on any atom is 0.326 e. The van der Waals surface area contributed by atoms with E-state index in [-0.39, 0.29) is 5.91 Å². The predicted octanol–water partition coefficient (Wildman–Crippen LogP) is 1.85. The number of hydrogen-bond acceptors (Lipinski definition) is 4. The van der Waals surface area contributed by atoms with Gasteiger partial charge in [-0.25, -0.2) is 9.78 Å². The second-order valence-corrected chi connectivity index (χ2v) is 5.86. The van der Waals surface area contributed by atoms with E-state index in [4.69, 9.17) is 5.11 Å². The van der Waals surface area contributed by atoms with Crippen molar-refractivity contribution in [3.05, 3.63) is 16.1 Å². The zero-order valence-corrected chi connectivity index (χ0v) is 11.8. The quantitative estimate of drug-likeness (QED) is 0.894. The molecule has 2 heterocycles. The Labute approximate surface area is 116 Å². The molecular weight excluding hydrogens is 264 g/mol. The lowest BCUT2D eigenvalue weighted by atomic mass is 10.1. The molecule has 1 aromatic heterocycles. The lowest BCUT2D eigenvalue weighted by Gasteiger charge is -2.21. The minimum Gasteiger partial charge on any atom is -0.480 e. The normalized spacial score (nSPS) is 18.8. The molecule has 0 bridgehead atoms. The summed E-state index contributed by atoms with van der Waals surface area (Å²) in [6.45, 7) is 2.53. The van der Waals surface area contributed by atoms with Gasteiger partial charge in [-0.05, 0) is 32.6 Å². The number of hydrogen-bond donors (Lipinski definition) is 1. The van der Waals surface area contributed by atoms with E-state index in [1.165, 1.54) is 4.90 Å². The molecule has 1 saturated heterocycles. The maximum absolute atomic E-state index is 12.0. The van der Waals surface area contributed by atoms with Crippen LogP contribution in [-0.4, -0.2) is 39.5 Å². The topological polar surface area (TPSA) is 70.5 Å². The Morgan fingerprint density at radius 3 is 3.00 bits per heavy atom. The van der Waals surface area contributed by atoms with Gasteiger partial charge in [0.05, 0.1) is 10.7 Å². The average molecular weight is 282 g/mol. The summed E-state index contributed by atoms with van der Waals surface area (Å²) in [6, 6.07) is -0.617. The largest absolute Gasteiger partial charge is 0.480 e. The third-order valence-electron chi connectivity index (χ3n) is 3.35. The van der Waals surface area contributed by atoms with Gasteiger partial charge in [-0.1, -0.05) is 0 Å². The number of amides is 1. The molecule has 104 valence electrons. The number of carboxylic acid groups (broad SMARTS) is 1. The number of aromatic nitrogens is 1. The molecule has 0 unspecified atom stereocenters. The standard InChI is InChI=1S/C13H18N2O3S/c1-9-14-10(8-19-9)4-2-6-12(16)15-7-3-5-11(15)13(17)18/h8,11H,2-7H2,1H3,(H,17,18)/t11-/m1/s1. The molecule has 1 fully saturated rings. The van der Waals surface area contributed by atoms with Crippen molar-refractivity contribution in [3.63, 3.8) is 0 Å². The van der Waals surface area contributed by atoms with Gasteiger partial charge >= 0.3 is 5.97 Å². The van der Waals surface area contributed by atoms with Crippen LogP contribution in [0.5, 0.6) is 0 Å². The smallest absolute Gasteiger partial charge is 0.326 e. The Morgan fingerprint density at radius 1 is 1.58 bits per heavy atom. The van der Waals surface area contributed by atoms with E-state index < -0.39 is 12.0 Å². The highest BCUT2D eigenvalue weighted by molar-refractivity contribution is 7.09. The van der Waals surface area contributed by atoms with Crippen molar-refractivity contribution in [2.45, 2.75) is 45.1 Å². The maximum atomic E-state index is 12.0. The molecule has 1 aliphatic heterocycles. The Bertz CT molecular complexity index is 472. The van der Waals surface area contributed by atoms with Crippen molar-refractivity contribution in [3.8, 4) is 0 Å². The monoisotopic (exact) mass is 282 g/mol. The zero-order chi connectivity index (χ0) is 13.8. The van der Waals surface area contributed by atoms with Crippen molar-refractivity contribution in [2.75, 3.05) is 6.54 Å². The van der Waals surface area contributed by atoms with Crippen LogP contribution in [0.3, 0.4) is 0 Å². The Morgan fingerprint density at radius 2 is 2.37 bits per heavy atom. The summed E-state index contributed by atoms with van der Waals surface area (Å²) in [5.74, 6) is -0.933. The van der Waals surface area contributed by atoms with Crippen molar-refractivity contribution in [2.24, 2.45) is 0 Å². The molecule has 1 amide bonds. The van der Waals surface area contributed by atoms with Gasteiger partial charge < -0.3 is 10.0 Å². The fourth-order valence-electron chi connectivity index (χ4n) is 2.41. The van der Waals surface area contributed by atoms with E-state index in [9.17, 15) is 9.59 Å². The highest BCUT2D eigenvalue weighted by Gasteiger charge is 2.33. The summed E-state index contributed by atoms with van der Waals surface area (Å²) in [5.41, 5.74) is 1.02. The number of rotatable bonds is 5. The highest BCUT2D eigenvalue weighted by Crippen LogP contribution is 2.19. The second kappa shape index (κ2) is 6.14. The van der Waals surface area contributed by atoms with Gasteiger partial charge in [-0.3, -0.25) is 4.79 Å². The number of carbonyl (C=O) groups is 2. The average Bonchev–Trinajstić information content (AvgIpc) is 2.97. The van der Waals surface area contributed by atoms with Gasteiger partial charge in [0.2, 0.25) is 5.91 Å².